The number of likely N-dealkylation sites (tertiary alicyclic amines) is 1. The molecule has 20 heavy (non-hydrogen) atoms. The fourth-order valence-corrected chi connectivity index (χ4v) is 2.98. The molecule has 0 aliphatic carbocycles. The normalized spacial score (nSPS) is 18.1. The number of benzene rings is 1. The van der Waals surface area contributed by atoms with Crippen molar-refractivity contribution in [1.29, 1.82) is 0 Å². The number of hydrogen-bond acceptors (Lipinski definition) is 2. The van der Waals surface area contributed by atoms with Crippen molar-refractivity contribution in [3.05, 3.63) is 35.9 Å². The van der Waals surface area contributed by atoms with Crippen LogP contribution in [-0.2, 0) is 6.54 Å². The molecule has 2 rings (SSSR count). The Morgan fingerprint density at radius 3 is 2.15 bits per heavy atom. The molecule has 0 amide bonds. The maximum Gasteiger partial charge on any atom is 0.0233 e. The second kappa shape index (κ2) is 7.24. The zero-order valence-electron chi connectivity index (χ0n) is 12.9. The second-order valence-electron chi connectivity index (χ2n) is 6.79. The van der Waals surface area contributed by atoms with E-state index in [1.165, 1.54) is 31.5 Å². The van der Waals surface area contributed by atoms with E-state index in [2.05, 4.69) is 68.0 Å². The minimum atomic E-state index is 0. The van der Waals surface area contributed by atoms with Gasteiger partial charge in [0.1, 0.15) is 0 Å². The fourth-order valence-electron chi connectivity index (χ4n) is 2.98. The average molecular weight is 276 g/mol. The molecule has 0 bridgehead atoms. The molecular weight excluding hydrogens is 244 g/mol. The van der Waals surface area contributed by atoms with Crippen molar-refractivity contribution in [2.24, 2.45) is 0 Å². The van der Waals surface area contributed by atoms with Crippen molar-refractivity contribution in [2.45, 2.75) is 59.2 Å². The Kier molecular flexibility index (Phi) is 6.22. The van der Waals surface area contributed by atoms with Crippen LogP contribution in [0.15, 0.2) is 30.3 Å². The van der Waals surface area contributed by atoms with Crippen LogP contribution in [0.25, 0.3) is 0 Å². The third-order valence-corrected chi connectivity index (χ3v) is 4.31. The molecular formula is C18H32N2. The van der Waals surface area contributed by atoms with E-state index in [1.54, 1.807) is 0 Å². The lowest BCUT2D eigenvalue weighted by atomic mass is 9.97. The van der Waals surface area contributed by atoms with Crippen molar-refractivity contribution < 1.29 is 0 Å². The highest BCUT2D eigenvalue weighted by Gasteiger charge is 2.28. The third kappa shape index (κ3) is 4.60. The smallest absolute Gasteiger partial charge is 0.0233 e. The van der Waals surface area contributed by atoms with Gasteiger partial charge in [0.25, 0.3) is 0 Å². The van der Waals surface area contributed by atoms with Gasteiger partial charge in [-0.05, 0) is 46.2 Å². The molecule has 1 fully saturated rings. The highest BCUT2D eigenvalue weighted by molar-refractivity contribution is 5.14. The third-order valence-electron chi connectivity index (χ3n) is 4.31. The summed E-state index contributed by atoms with van der Waals surface area (Å²) in [5, 5.41) is 0. The summed E-state index contributed by atoms with van der Waals surface area (Å²) in [4.78, 5) is 5.13. The fraction of sp³-hybridized carbons (Fsp3) is 0.667. The average Bonchev–Trinajstić information content (AvgIpc) is 2.39. The van der Waals surface area contributed by atoms with Gasteiger partial charge < -0.3 is 0 Å². The molecule has 0 aromatic heterocycles. The second-order valence-corrected chi connectivity index (χ2v) is 6.79. The van der Waals surface area contributed by atoms with E-state index in [4.69, 9.17) is 0 Å². The van der Waals surface area contributed by atoms with E-state index >= 15 is 0 Å². The van der Waals surface area contributed by atoms with Crippen molar-refractivity contribution in [3.8, 4) is 0 Å². The van der Waals surface area contributed by atoms with E-state index in [1.807, 2.05) is 0 Å². The first-order chi connectivity index (χ1) is 8.97. The van der Waals surface area contributed by atoms with E-state index in [9.17, 15) is 0 Å². The van der Waals surface area contributed by atoms with Gasteiger partial charge in [-0.15, -0.1) is 0 Å². The molecule has 1 aromatic carbocycles. The van der Waals surface area contributed by atoms with Crippen molar-refractivity contribution in [2.75, 3.05) is 20.1 Å². The summed E-state index contributed by atoms with van der Waals surface area (Å²) >= 11 is 0. The molecule has 1 saturated heterocycles. The van der Waals surface area contributed by atoms with Gasteiger partial charge in [-0.2, -0.15) is 0 Å². The maximum atomic E-state index is 2.61. The van der Waals surface area contributed by atoms with E-state index in [-0.39, 0.29) is 7.43 Å². The highest BCUT2D eigenvalue weighted by Crippen LogP contribution is 2.23. The van der Waals surface area contributed by atoms with Crippen LogP contribution >= 0.6 is 0 Å². The first-order valence-corrected chi connectivity index (χ1v) is 7.46. The SMILES string of the molecule is C.CN(Cc1ccccc1)C1CCN(C(C)(C)C)CC1. The predicted molar refractivity (Wildman–Crippen MR) is 89.0 cm³/mol. The van der Waals surface area contributed by atoms with Crippen LogP contribution in [-0.4, -0.2) is 41.5 Å². The van der Waals surface area contributed by atoms with Crippen LogP contribution in [0.5, 0.6) is 0 Å². The van der Waals surface area contributed by atoms with Crippen LogP contribution in [0, 0.1) is 0 Å². The lowest BCUT2D eigenvalue weighted by molar-refractivity contribution is 0.0632. The lowest BCUT2D eigenvalue weighted by Gasteiger charge is -2.43. The molecule has 0 unspecified atom stereocenters. The van der Waals surface area contributed by atoms with Gasteiger partial charge in [0.2, 0.25) is 0 Å². The number of piperidine rings is 1. The lowest BCUT2D eigenvalue weighted by Crippen LogP contribution is -2.50. The number of hydrogen-bond donors (Lipinski definition) is 0. The summed E-state index contributed by atoms with van der Waals surface area (Å²) in [7, 11) is 2.27. The number of nitrogens with zero attached hydrogens (tertiary/aromatic N) is 2. The Balaban J connectivity index is 0.00000200. The zero-order valence-corrected chi connectivity index (χ0v) is 12.9. The van der Waals surface area contributed by atoms with Crippen LogP contribution < -0.4 is 0 Å². The Morgan fingerprint density at radius 1 is 1.10 bits per heavy atom. The molecule has 1 aliphatic rings. The minimum Gasteiger partial charge on any atom is -0.299 e. The summed E-state index contributed by atoms with van der Waals surface area (Å²) in [6.07, 6.45) is 2.58. The first kappa shape index (κ1) is 17.2. The van der Waals surface area contributed by atoms with Crippen LogP contribution in [0.4, 0.5) is 0 Å². The molecule has 0 saturated carbocycles. The molecule has 0 radical (unpaired) electrons. The summed E-state index contributed by atoms with van der Waals surface area (Å²) in [6, 6.07) is 11.5. The molecule has 1 heterocycles. The van der Waals surface area contributed by atoms with E-state index in [0.717, 1.165) is 12.6 Å². The number of rotatable bonds is 3. The van der Waals surface area contributed by atoms with E-state index < -0.39 is 0 Å². The van der Waals surface area contributed by atoms with Gasteiger partial charge >= 0.3 is 0 Å². The van der Waals surface area contributed by atoms with Crippen LogP contribution in [0.3, 0.4) is 0 Å². The minimum absolute atomic E-state index is 0. The van der Waals surface area contributed by atoms with Gasteiger partial charge in [-0.25, -0.2) is 0 Å². The molecule has 1 aromatic rings. The molecule has 2 heteroatoms. The Morgan fingerprint density at radius 2 is 1.65 bits per heavy atom. The summed E-state index contributed by atoms with van der Waals surface area (Å²) in [5.41, 5.74) is 1.74. The predicted octanol–water partition coefficient (Wildman–Crippen LogP) is 4.02. The van der Waals surface area contributed by atoms with Crippen molar-refractivity contribution >= 4 is 0 Å². The molecule has 0 N–H and O–H groups in total. The van der Waals surface area contributed by atoms with Crippen LogP contribution in [0.1, 0.15) is 46.6 Å². The quantitative estimate of drug-likeness (QED) is 0.823. The Hall–Kier alpha value is -0.860. The summed E-state index contributed by atoms with van der Waals surface area (Å²) in [6.45, 7) is 10.5. The standard InChI is InChI=1S/C17H28N2.CH4/c1-17(2,3)19-12-10-16(11-13-19)18(4)14-15-8-6-5-7-9-15;/h5-9,16H,10-14H2,1-4H3;1H4. The van der Waals surface area contributed by atoms with Gasteiger partial charge in [-0.3, -0.25) is 9.80 Å². The summed E-state index contributed by atoms with van der Waals surface area (Å²) < 4.78 is 0. The maximum absolute atomic E-state index is 2.61. The van der Waals surface area contributed by atoms with Crippen molar-refractivity contribution in [1.82, 2.24) is 9.80 Å². The van der Waals surface area contributed by atoms with Gasteiger partial charge in [0, 0.05) is 31.2 Å². The monoisotopic (exact) mass is 276 g/mol. The zero-order chi connectivity index (χ0) is 13.9. The Labute approximate surface area is 125 Å². The van der Waals surface area contributed by atoms with Crippen LogP contribution in [0.2, 0.25) is 0 Å². The Bertz CT molecular complexity index is 372. The van der Waals surface area contributed by atoms with Crippen molar-refractivity contribution in [3.63, 3.8) is 0 Å². The molecule has 114 valence electrons. The molecule has 2 nitrogen and oxygen atoms in total. The summed E-state index contributed by atoms with van der Waals surface area (Å²) in [5.74, 6) is 0. The molecule has 0 atom stereocenters. The molecule has 1 aliphatic heterocycles. The first-order valence-electron chi connectivity index (χ1n) is 7.46. The van der Waals surface area contributed by atoms with Gasteiger partial charge in [0.15, 0.2) is 0 Å². The van der Waals surface area contributed by atoms with E-state index in [0.29, 0.717) is 5.54 Å². The largest absolute Gasteiger partial charge is 0.299 e. The topological polar surface area (TPSA) is 6.48 Å². The highest BCUT2D eigenvalue weighted by atomic mass is 15.2. The van der Waals surface area contributed by atoms with Gasteiger partial charge in [0.05, 0.1) is 0 Å². The van der Waals surface area contributed by atoms with Gasteiger partial charge in [-0.1, -0.05) is 37.8 Å². The molecule has 0 spiro atoms.